The quantitative estimate of drug-likeness (QED) is 0.802. The minimum atomic E-state index is 0.360. The van der Waals surface area contributed by atoms with Crippen molar-refractivity contribution in [3.05, 3.63) is 0 Å². The summed E-state index contributed by atoms with van der Waals surface area (Å²) in [5, 5.41) is 0. The van der Waals surface area contributed by atoms with E-state index in [1.54, 1.807) is 0 Å². The van der Waals surface area contributed by atoms with Gasteiger partial charge in [0.15, 0.2) is 0 Å². The Morgan fingerprint density at radius 2 is 2.06 bits per heavy atom. The van der Waals surface area contributed by atoms with Crippen molar-refractivity contribution in [1.82, 2.24) is 4.90 Å². The van der Waals surface area contributed by atoms with Crippen molar-refractivity contribution < 1.29 is 4.74 Å². The summed E-state index contributed by atoms with van der Waals surface area (Å²) in [6, 6.07) is 0.926. The second kappa shape index (κ2) is 5.25. The summed E-state index contributed by atoms with van der Waals surface area (Å²) in [7, 11) is 1.83. The molecule has 3 nitrogen and oxygen atoms in total. The topological polar surface area (TPSA) is 38.5 Å². The van der Waals surface area contributed by atoms with E-state index in [0.717, 1.165) is 6.54 Å². The molecule has 2 N–H and O–H groups in total. The molecule has 3 unspecified atom stereocenters. The van der Waals surface area contributed by atoms with Crippen LogP contribution in [0, 0.1) is 5.41 Å². The van der Waals surface area contributed by atoms with Gasteiger partial charge in [-0.05, 0) is 44.1 Å². The molecule has 0 aromatic heterocycles. The summed E-state index contributed by atoms with van der Waals surface area (Å²) in [5.74, 6) is 0. The van der Waals surface area contributed by atoms with Gasteiger partial charge in [-0.15, -0.1) is 0 Å². The van der Waals surface area contributed by atoms with Crippen LogP contribution in [0.25, 0.3) is 0 Å². The van der Waals surface area contributed by atoms with Crippen LogP contribution in [-0.4, -0.2) is 43.3 Å². The van der Waals surface area contributed by atoms with E-state index in [4.69, 9.17) is 10.5 Å². The molecule has 3 heteroatoms. The molecule has 0 radical (unpaired) electrons. The number of hydrogen-bond donors (Lipinski definition) is 1. The summed E-state index contributed by atoms with van der Waals surface area (Å²) in [6.45, 7) is 7.03. The highest BCUT2D eigenvalue weighted by atomic mass is 16.5. The van der Waals surface area contributed by atoms with Crippen LogP contribution in [0.5, 0.6) is 0 Å². The van der Waals surface area contributed by atoms with E-state index >= 15 is 0 Å². The number of piperidine rings is 1. The Labute approximate surface area is 106 Å². The van der Waals surface area contributed by atoms with Gasteiger partial charge in [-0.25, -0.2) is 0 Å². The van der Waals surface area contributed by atoms with Crippen LogP contribution in [0.15, 0.2) is 0 Å². The minimum absolute atomic E-state index is 0.360. The molecule has 0 spiro atoms. The molecule has 0 aromatic rings. The smallest absolute Gasteiger partial charge is 0.0698 e. The van der Waals surface area contributed by atoms with E-state index in [0.29, 0.717) is 23.6 Å². The summed E-state index contributed by atoms with van der Waals surface area (Å²) >= 11 is 0. The van der Waals surface area contributed by atoms with Crippen LogP contribution < -0.4 is 5.73 Å². The monoisotopic (exact) mass is 240 g/mol. The van der Waals surface area contributed by atoms with Crippen LogP contribution in [0.2, 0.25) is 0 Å². The van der Waals surface area contributed by atoms with Crippen molar-refractivity contribution in [3.63, 3.8) is 0 Å². The molecule has 0 aromatic carbocycles. The number of nitrogens with zero attached hydrogens (tertiary/aromatic N) is 1. The lowest BCUT2D eigenvalue weighted by atomic mass is 9.72. The van der Waals surface area contributed by atoms with Gasteiger partial charge >= 0.3 is 0 Å². The van der Waals surface area contributed by atoms with Crippen molar-refractivity contribution in [3.8, 4) is 0 Å². The molecule has 2 aliphatic rings. The number of ether oxygens (including phenoxy) is 1. The summed E-state index contributed by atoms with van der Waals surface area (Å²) in [5.41, 5.74) is 6.79. The Bertz CT molecular complexity index is 255. The van der Waals surface area contributed by atoms with Gasteiger partial charge < -0.3 is 10.5 Å². The molecule has 1 aliphatic carbocycles. The average molecular weight is 240 g/mol. The fourth-order valence-electron chi connectivity index (χ4n) is 3.43. The van der Waals surface area contributed by atoms with Crippen molar-refractivity contribution in [1.29, 1.82) is 0 Å². The van der Waals surface area contributed by atoms with Gasteiger partial charge in [0.05, 0.1) is 6.10 Å². The maximum absolute atomic E-state index is 6.34. The van der Waals surface area contributed by atoms with E-state index in [2.05, 4.69) is 18.7 Å². The predicted molar refractivity (Wildman–Crippen MR) is 71.0 cm³/mol. The van der Waals surface area contributed by atoms with Gasteiger partial charge in [-0.3, -0.25) is 4.90 Å². The van der Waals surface area contributed by atoms with E-state index in [9.17, 15) is 0 Å². The lowest BCUT2D eigenvalue weighted by molar-refractivity contribution is -0.0100. The van der Waals surface area contributed by atoms with Crippen LogP contribution in [-0.2, 0) is 4.74 Å². The maximum Gasteiger partial charge on any atom is 0.0698 e. The molecular formula is C14H28N2O. The van der Waals surface area contributed by atoms with Gasteiger partial charge in [0.25, 0.3) is 0 Å². The number of nitrogens with two attached hydrogens (primary N) is 1. The third-order valence-corrected chi connectivity index (χ3v) is 4.62. The van der Waals surface area contributed by atoms with Crippen molar-refractivity contribution in [2.75, 3.05) is 20.2 Å². The molecule has 1 saturated heterocycles. The zero-order valence-electron chi connectivity index (χ0n) is 11.6. The molecular weight excluding hydrogens is 212 g/mol. The largest absolute Gasteiger partial charge is 0.380 e. The first-order chi connectivity index (χ1) is 8.02. The first-order valence-corrected chi connectivity index (χ1v) is 7.04. The third kappa shape index (κ3) is 3.21. The number of likely N-dealkylation sites (tertiary alicyclic amines) is 1. The third-order valence-electron chi connectivity index (χ3n) is 4.62. The second-order valence-corrected chi connectivity index (χ2v) is 6.63. The Hall–Kier alpha value is -0.120. The maximum atomic E-state index is 6.34. The van der Waals surface area contributed by atoms with Crippen LogP contribution in [0.4, 0.5) is 0 Å². The van der Waals surface area contributed by atoms with Gasteiger partial charge in [0.1, 0.15) is 0 Å². The van der Waals surface area contributed by atoms with Crippen LogP contribution in [0.1, 0.15) is 46.0 Å². The molecule has 0 amide bonds. The van der Waals surface area contributed by atoms with Crippen molar-refractivity contribution in [2.24, 2.45) is 11.1 Å². The highest BCUT2D eigenvalue weighted by Crippen LogP contribution is 2.37. The Kier molecular flexibility index (Phi) is 4.11. The van der Waals surface area contributed by atoms with Crippen LogP contribution >= 0.6 is 0 Å². The standard InChI is InChI=1S/C14H28N2O/c1-14(2)7-6-12(15)13(9-14)16-8-4-5-11(10-16)17-3/h11-13H,4-10,15H2,1-3H3. The zero-order valence-corrected chi connectivity index (χ0v) is 11.6. The summed E-state index contributed by atoms with van der Waals surface area (Å²) in [4.78, 5) is 2.59. The molecule has 1 heterocycles. The van der Waals surface area contributed by atoms with Gasteiger partial charge in [-0.2, -0.15) is 0 Å². The molecule has 0 bridgehead atoms. The number of rotatable bonds is 2. The molecule has 2 rings (SSSR count). The Morgan fingerprint density at radius 3 is 2.76 bits per heavy atom. The molecule has 2 fully saturated rings. The Balaban J connectivity index is 1.99. The van der Waals surface area contributed by atoms with E-state index in [1.807, 2.05) is 7.11 Å². The Morgan fingerprint density at radius 1 is 1.29 bits per heavy atom. The normalized spacial score (nSPS) is 39.2. The second-order valence-electron chi connectivity index (χ2n) is 6.63. The fourth-order valence-corrected chi connectivity index (χ4v) is 3.43. The van der Waals surface area contributed by atoms with Gasteiger partial charge in [0, 0.05) is 25.7 Å². The highest BCUT2D eigenvalue weighted by molar-refractivity contribution is 4.94. The summed E-state index contributed by atoms with van der Waals surface area (Å²) < 4.78 is 5.52. The van der Waals surface area contributed by atoms with E-state index < -0.39 is 0 Å². The number of hydrogen-bond acceptors (Lipinski definition) is 3. The first-order valence-electron chi connectivity index (χ1n) is 7.04. The molecule has 17 heavy (non-hydrogen) atoms. The van der Waals surface area contributed by atoms with E-state index in [1.165, 1.54) is 38.6 Å². The first kappa shape index (κ1) is 13.3. The number of methoxy groups -OCH3 is 1. The fraction of sp³-hybridized carbons (Fsp3) is 1.00. The van der Waals surface area contributed by atoms with Gasteiger partial charge in [0.2, 0.25) is 0 Å². The molecule has 3 atom stereocenters. The highest BCUT2D eigenvalue weighted by Gasteiger charge is 2.37. The van der Waals surface area contributed by atoms with Crippen LogP contribution in [0.3, 0.4) is 0 Å². The minimum Gasteiger partial charge on any atom is -0.380 e. The predicted octanol–water partition coefficient (Wildman–Crippen LogP) is 2.00. The van der Waals surface area contributed by atoms with Crippen molar-refractivity contribution >= 4 is 0 Å². The average Bonchev–Trinajstić information content (AvgIpc) is 2.32. The molecule has 1 aliphatic heterocycles. The van der Waals surface area contributed by atoms with Crippen molar-refractivity contribution in [2.45, 2.75) is 64.1 Å². The lowest BCUT2D eigenvalue weighted by Gasteiger charge is -2.47. The van der Waals surface area contributed by atoms with Gasteiger partial charge in [-0.1, -0.05) is 13.8 Å². The summed E-state index contributed by atoms with van der Waals surface area (Å²) in [6.07, 6.45) is 6.56. The molecule has 1 saturated carbocycles. The van der Waals surface area contributed by atoms with E-state index in [-0.39, 0.29) is 0 Å². The molecule has 100 valence electrons. The lowest BCUT2D eigenvalue weighted by Crippen LogP contribution is -2.56. The SMILES string of the molecule is COC1CCCN(C2CC(C)(C)CCC2N)C1. The zero-order chi connectivity index (χ0) is 12.5.